The number of hydrogen-bond acceptors (Lipinski definition) is 3. The number of nitrogens with zero attached hydrogens (tertiary/aromatic N) is 3. The Morgan fingerprint density at radius 2 is 1.95 bits per heavy atom. The van der Waals surface area contributed by atoms with E-state index in [1.54, 1.807) is 29.9 Å². The first-order valence-electron chi connectivity index (χ1n) is 6.19. The van der Waals surface area contributed by atoms with E-state index in [0.717, 1.165) is 5.69 Å². The molecule has 8 heteroatoms. The van der Waals surface area contributed by atoms with Crippen LogP contribution < -0.4 is 5.32 Å². The molecule has 1 aromatic heterocycles. The molecule has 0 saturated heterocycles. The van der Waals surface area contributed by atoms with Gasteiger partial charge in [-0.1, -0.05) is 5.21 Å². The van der Waals surface area contributed by atoms with Gasteiger partial charge in [-0.15, -0.1) is 5.10 Å². The van der Waals surface area contributed by atoms with E-state index < -0.39 is 25.0 Å². The maximum absolute atomic E-state index is 12.0. The first-order chi connectivity index (χ1) is 9.85. The molecule has 1 amide bonds. The molecule has 0 fully saturated rings. The van der Waals surface area contributed by atoms with Crippen molar-refractivity contribution in [3.63, 3.8) is 0 Å². The summed E-state index contributed by atoms with van der Waals surface area (Å²) in [4.78, 5) is 11.7. The predicted octanol–water partition coefficient (Wildman–Crippen LogP) is 2.26. The van der Waals surface area contributed by atoms with Crippen molar-refractivity contribution < 1.29 is 18.0 Å². The van der Waals surface area contributed by atoms with Gasteiger partial charge in [0, 0.05) is 12.1 Å². The SMILES string of the molecule is Cc1cn(-c2ccc(C(=O)NCCC(F)(F)F)cc2)nn1. The van der Waals surface area contributed by atoms with Crippen LogP contribution in [0.3, 0.4) is 0 Å². The van der Waals surface area contributed by atoms with Gasteiger partial charge in [0.25, 0.3) is 5.91 Å². The second-order valence-corrected chi connectivity index (χ2v) is 4.47. The Balaban J connectivity index is 1.97. The molecule has 21 heavy (non-hydrogen) atoms. The van der Waals surface area contributed by atoms with Gasteiger partial charge in [-0.05, 0) is 31.2 Å². The highest BCUT2D eigenvalue weighted by molar-refractivity contribution is 5.94. The second kappa shape index (κ2) is 5.94. The van der Waals surface area contributed by atoms with Gasteiger partial charge in [0.1, 0.15) is 0 Å². The lowest BCUT2D eigenvalue weighted by Gasteiger charge is -2.08. The molecule has 0 saturated carbocycles. The molecule has 0 aliphatic heterocycles. The average molecular weight is 298 g/mol. The molecular formula is C13H13F3N4O. The minimum absolute atomic E-state index is 0.290. The van der Waals surface area contributed by atoms with Crippen molar-refractivity contribution in [2.45, 2.75) is 19.5 Å². The van der Waals surface area contributed by atoms with E-state index in [2.05, 4.69) is 15.6 Å². The van der Waals surface area contributed by atoms with E-state index in [4.69, 9.17) is 0 Å². The van der Waals surface area contributed by atoms with Crippen LogP contribution in [0.5, 0.6) is 0 Å². The second-order valence-electron chi connectivity index (χ2n) is 4.47. The zero-order valence-corrected chi connectivity index (χ0v) is 11.2. The highest BCUT2D eigenvalue weighted by atomic mass is 19.4. The highest BCUT2D eigenvalue weighted by Gasteiger charge is 2.26. The number of hydrogen-bond donors (Lipinski definition) is 1. The third-order valence-electron chi connectivity index (χ3n) is 2.70. The van der Waals surface area contributed by atoms with Gasteiger partial charge in [-0.25, -0.2) is 4.68 Å². The maximum atomic E-state index is 12.0. The number of carbonyl (C=O) groups excluding carboxylic acids is 1. The Morgan fingerprint density at radius 3 is 2.48 bits per heavy atom. The molecule has 5 nitrogen and oxygen atoms in total. The van der Waals surface area contributed by atoms with Crippen LogP contribution in [0, 0.1) is 6.92 Å². The standard InChI is InChI=1S/C13H13F3N4O/c1-9-8-20(19-18-9)11-4-2-10(3-5-11)12(21)17-7-6-13(14,15)16/h2-5,8H,6-7H2,1H3,(H,17,21). The Labute approximate surface area is 118 Å². The van der Waals surface area contributed by atoms with Crippen LogP contribution in [0.25, 0.3) is 5.69 Å². The fraction of sp³-hybridized carbons (Fsp3) is 0.308. The molecule has 0 spiro atoms. The van der Waals surface area contributed by atoms with Crippen molar-refractivity contribution in [1.82, 2.24) is 20.3 Å². The van der Waals surface area contributed by atoms with Gasteiger partial charge < -0.3 is 5.32 Å². The first-order valence-corrected chi connectivity index (χ1v) is 6.19. The van der Waals surface area contributed by atoms with E-state index in [-0.39, 0.29) is 5.56 Å². The summed E-state index contributed by atoms with van der Waals surface area (Å²) in [5.41, 5.74) is 1.75. The first kappa shape index (κ1) is 15.0. The van der Waals surface area contributed by atoms with Crippen molar-refractivity contribution in [2.75, 3.05) is 6.54 Å². The van der Waals surface area contributed by atoms with E-state index >= 15 is 0 Å². The molecule has 2 aromatic rings. The fourth-order valence-corrected chi connectivity index (χ4v) is 1.66. The lowest BCUT2D eigenvalue weighted by atomic mass is 10.2. The Bertz CT molecular complexity index is 619. The minimum Gasteiger partial charge on any atom is -0.352 e. The lowest BCUT2D eigenvalue weighted by Crippen LogP contribution is -2.27. The number of carbonyl (C=O) groups is 1. The zero-order valence-electron chi connectivity index (χ0n) is 11.2. The van der Waals surface area contributed by atoms with Crippen molar-refractivity contribution in [3.8, 4) is 5.69 Å². The molecule has 0 aliphatic rings. The van der Waals surface area contributed by atoms with Crippen LogP contribution >= 0.6 is 0 Å². The van der Waals surface area contributed by atoms with Crippen LogP contribution in [-0.2, 0) is 0 Å². The monoisotopic (exact) mass is 298 g/mol. The van der Waals surface area contributed by atoms with Crippen molar-refractivity contribution in [1.29, 1.82) is 0 Å². The molecular weight excluding hydrogens is 285 g/mol. The molecule has 0 atom stereocenters. The number of amides is 1. The normalized spacial score (nSPS) is 11.4. The molecule has 1 aromatic carbocycles. The van der Waals surface area contributed by atoms with Crippen molar-refractivity contribution >= 4 is 5.91 Å². The number of aromatic nitrogens is 3. The van der Waals surface area contributed by atoms with Crippen LogP contribution in [0.4, 0.5) is 13.2 Å². The van der Waals surface area contributed by atoms with Gasteiger partial charge in [-0.2, -0.15) is 13.2 Å². The van der Waals surface area contributed by atoms with Gasteiger partial charge in [0.2, 0.25) is 0 Å². The Kier molecular flexibility index (Phi) is 4.25. The third kappa shape index (κ3) is 4.30. The Hall–Kier alpha value is -2.38. The number of aryl methyl sites for hydroxylation is 1. The summed E-state index contributed by atoms with van der Waals surface area (Å²) in [6.45, 7) is 1.36. The molecule has 0 unspecified atom stereocenters. The largest absolute Gasteiger partial charge is 0.390 e. The van der Waals surface area contributed by atoms with Crippen LogP contribution in [0.2, 0.25) is 0 Å². The topological polar surface area (TPSA) is 59.8 Å². The summed E-state index contributed by atoms with van der Waals surface area (Å²) < 4.78 is 37.5. The zero-order chi connectivity index (χ0) is 15.5. The van der Waals surface area contributed by atoms with E-state index in [9.17, 15) is 18.0 Å². The predicted molar refractivity (Wildman–Crippen MR) is 69.1 cm³/mol. The quantitative estimate of drug-likeness (QED) is 0.942. The van der Waals surface area contributed by atoms with Crippen LogP contribution in [-0.4, -0.2) is 33.6 Å². The molecule has 112 valence electrons. The lowest BCUT2D eigenvalue weighted by molar-refractivity contribution is -0.132. The van der Waals surface area contributed by atoms with E-state index in [1.807, 2.05) is 0 Å². The van der Waals surface area contributed by atoms with Crippen LogP contribution in [0.1, 0.15) is 22.5 Å². The number of halogens is 3. The Morgan fingerprint density at radius 1 is 1.29 bits per heavy atom. The maximum Gasteiger partial charge on any atom is 0.390 e. The van der Waals surface area contributed by atoms with Gasteiger partial charge >= 0.3 is 6.18 Å². The number of benzene rings is 1. The van der Waals surface area contributed by atoms with E-state index in [1.165, 1.54) is 12.1 Å². The molecule has 2 rings (SSSR count). The smallest absolute Gasteiger partial charge is 0.352 e. The fourth-order valence-electron chi connectivity index (χ4n) is 1.66. The molecule has 0 aliphatic carbocycles. The van der Waals surface area contributed by atoms with Gasteiger partial charge in [-0.3, -0.25) is 4.79 Å². The highest BCUT2D eigenvalue weighted by Crippen LogP contribution is 2.18. The van der Waals surface area contributed by atoms with Crippen molar-refractivity contribution in [3.05, 3.63) is 41.7 Å². The van der Waals surface area contributed by atoms with Gasteiger partial charge in [0.15, 0.2) is 0 Å². The summed E-state index contributed by atoms with van der Waals surface area (Å²) in [5.74, 6) is -0.541. The third-order valence-corrected chi connectivity index (χ3v) is 2.70. The van der Waals surface area contributed by atoms with Crippen LogP contribution in [0.15, 0.2) is 30.5 Å². The van der Waals surface area contributed by atoms with Gasteiger partial charge in [0.05, 0.1) is 24.0 Å². The minimum atomic E-state index is -4.28. The summed E-state index contributed by atoms with van der Waals surface area (Å²) in [6, 6.07) is 6.34. The average Bonchev–Trinajstić information content (AvgIpc) is 2.84. The summed E-state index contributed by atoms with van der Waals surface area (Å²) in [7, 11) is 0. The van der Waals surface area contributed by atoms with E-state index in [0.29, 0.717) is 5.69 Å². The van der Waals surface area contributed by atoms with Crippen molar-refractivity contribution in [2.24, 2.45) is 0 Å². The summed E-state index contributed by atoms with van der Waals surface area (Å²) >= 11 is 0. The molecule has 0 bridgehead atoms. The number of alkyl halides is 3. The number of nitrogens with one attached hydrogen (secondary N) is 1. The summed E-state index contributed by atoms with van der Waals surface area (Å²) in [5, 5.41) is 9.94. The molecule has 1 N–H and O–H groups in total. The molecule has 0 radical (unpaired) electrons. The number of rotatable bonds is 4. The summed E-state index contributed by atoms with van der Waals surface area (Å²) in [6.07, 6.45) is -3.60. The molecule has 1 heterocycles.